The van der Waals surface area contributed by atoms with Crippen LogP contribution in [0.3, 0.4) is 0 Å². The van der Waals surface area contributed by atoms with Crippen LogP contribution in [0.25, 0.3) is 5.70 Å². The van der Waals surface area contributed by atoms with Gasteiger partial charge in [0.2, 0.25) is 5.91 Å². The zero-order chi connectivity index (χ0) is 12.4. The van der Waals surface area contributed by atoms with Crippen molar-refractivity contribution < 1.29 is 37.5 Å². The third-order valence-corrected chi connectivity index (χ3v) is 3.20. The zero-order valence-electron chi connectivity index (χ0n) is 10.7. The molecule has 1 radical (unpaired) electrons. The van der Waals surface area contributed by atoms with Gasteiger partial charge in [-0.05, 0) is 6.92 Å². The molecule has 1 heterocycles. The predicted octanol–water partition coefficient (Wildman–Crippen LogP) is 3.43. The predicted molar refractivity (Wildman–Crippen MR) is 69.5 cm³/mol. The molecule has 0 atom stereocenters. The van der Waals surface area contributed by atoms with Crippen molar-refractivity contribution in [3.63, 3.8) is 0 Å². The van der Waals surface area contributed by atoms with E-state index in [1.165, 1.54) is 0 Å². The van der Waals surface area contributed by atoms with Crippen LogP contribution in [0.15, 0.2) is 18.2 Å². The van der Waals surface area contributed by atoms with Crippen LogP contribution in [0.1, 0.15) is 30.9 Å². The summed E-state index contributed by atoms with van der Waals surface area (Å²) in [6.07, 6.45) is 4.57. The molecule has 1 amide bonds. The summed E-state index contributed by atoms with van der Waals surface area (Å²) in [7, 11) is 0. The number of carbonyl (C=O) groups is 1. The van der Waals surface area contributed by atoms with Crippen molar-refractivity contribution in [2.24, 2.45) is 0 Å². The Kier molecular flexibility index (Phi) is 6.03. The van der Waals surface area contributed by atoms with Crippen molar-refractivity contribution in [1.82, 2.24) is 4.90 Å². The molecule has 0 saturated carbocycles. The molecule has 2 rings (SSSR count). The van der Waals surface area contributed by atoms with E-state index in [-0.39, 0.29) is 38.6 Å². The van der Waals surface area contributed by atoms with Gasteiger partial charge in [-0.15, -0.1) is 29.3 Å². The Hall–Kier alpha value is -0.176. The molecule has 0 saturated heterocycles. The summed E-state index contributed by atoms with van der Waals surface area (Å²) in [4.78, 5) is 13.6. The minimum absolute atomic E-state index is 0. The number of benzene rings is 1. The number of nitrogens with zero attached hydrogens (tertiary/aromatic N) is 1. The Labute approximate surface area is 138 Å². The van der Waals surface area contributed by atoms with E-state index in [1.807, 2.05) is 32.0 Å². The maximum Gasteiger partial charge on any atom is 0.223 e. The fraction of sp³-hybridized carbons (Fsp3) is 0.357. The number of rotatable bonds is 2. The summed E-state index contributed by atoms with van der Waals surface area (Å²) in [6, 6.07) is 5.73. The number of halogens is 1. The number of carbonyl (C=O) groups excluding carboxylic acids is 1. The Balaban J connectivity index is 0.00000162. The second-order valence-electron chi connectivity index (χ2n) is 4.12. The first-order chi connectivity index (χ1) is 8.13. The molecule has 18 heavy (non-hydrogen) atoms. The first-order valence-electron chi connectivity index (χ1n) is 5.81. The molecular weight excluding hydrogens is 323 g/mol. The minimum Gasteiger partial charge on any atom is -0.348 e. The van der Waals surface area contributed by atoms with Gasteiger partial charge in [0.25, 0.3) is 0 Å². The summed E-state index contributed by atoms with van der Waals surface area (Å²) in [5.41, 5.74) is 3.02. The first kappa shape index (κ1) is 15.9. The van der Waals surface area contributed by atoms with E-state index in [1.54, 1.807) is 4.90 Å². The maximum atomic E-state index is 11.8. The summed E-state index contributed by atoms with van der Waals surface area (Å²) < 4.78 is 0. The third-order valence-electron chi connectivity index (χ3n) is 2.96. The zero-order valence-corrected chi connectivity index (χ0v) is 14.3. The number of hydrogen-bond donors (Lipinski definition) is 0. The molecule has 1 aliphatic rings. The van der Waals surface area contributed by atoms with Gasteiger partial charge in [-0.25, -0.2) is 6.08 Å². The molecule has 0 spiro atoms. The van der Waals surface area contributed by atoms with Crippen molar-refractivity contribution in [2.75, 3.05) is 6.54 Å². The number of allylic oxidation sites excluding steroid dienone is 1. The van der Waals surface area contributed by atoms with Gasteiger partial charge in [-0.3, -0.25) is 4.79 Å². The Morgan fingerprint density at radius 1 is 1.44 bits per heavy atom. The first-order valence-corrected chi connectivity index (χ1v) is 6.19. The average molecular weight is 338 g/mol. The second kappa shape index (κ2) is 6.84. The van der Waals surface area contributed by atoms with Crippen molar-refractivity contribution in [3.05, 3.63) is 40.4 Å². The summed E-state index contributed by atoms with van der Waals surface area (Å²) in [5, 5.41) is 0.719. The smallest absolute Gasteiger partial charge is 0.223 e. The topological polar surface area (TPSA) is 20.3 Å². The molecule has 1 aromatic rings. The van der Waals surface area contributed by atoms with Crippen molar-refractivity contribution in [3.8, 4) is 0 Å². The van der Waals surface area contributed by atoms with E-state index in [2.05, 4.69) is 6.08 Å². The van der Waals surface area contributed by atoms with Crippen molar-refractivity contribution in [1.29, 1.82) is 0 Å². The Morgan fingerprint density at radius 3 is 2.78 bits per heavy atom. The molecule has 0 aromatic heterocycles. The largest absolute Gasteiger partial charge is 0.348 e. The van der Waals surface area contributed by atoms with Crippen LogP contribution in [0.4, 0.5) is 0 Å². The van der Waals surface area contributed by atoms with Crippen LogP contribution in [0, 0.1) is 13.0 Å². The fourth-order valence-electron chi connectivity index (χ4n) is 2.11. The van der Waals surface area contributed by atoms with Gasteiger partial charge < -0.3 is 4.90 Å². The molecule has 0 N–H and O–H groups in total. The van der Waals surface area contributed by atoms with Crippen molar-refractivity contribution >= 4 is 23.2 Å². The van der Waals surface area contributed by atoms with Gasteiger partial charge >= 0.3 is 0 Å². The molecule has 0 bridgehead atoms. The number of amides is 1. The normalized spacial score (nSPS) is 15.2. The van der Waals surface area contributed by atoms with Gasteiger partial charge in [-0.2, -0.15) is 0 Å². The average Bonchev–Trinajstić information content (AvgIpc) is 2.29. The van der Waals surface area contributed by atoms with Crippen LogP contribution in [0.5, 0.6) is 0 Å². The van der Waals surface area contributed by atoms with E-state index in [4.69, 9.17) is 11.6 Å². The van der Waals surface area contributed by atoms with Gasteiger partial charge in [-0.1, -0.05) is 30.7 Å². The molecule has 1 aromatic carbocycles. The molecule has 0 aliphatic carbocycles. The third kappa shape index (κ3) is 3.23. The van der Waals surface area contributed by atoms with E-state index in [0.29, 0.717) is 19.4 Å². The van der Waals surface area contributed by atoms with E-state index >= 15 is 0 Å². The quantitative estimate of drug-likeness (QED) is 0.757. The summed E-state index contributed by atoms with van der Waals surface area (Å²) in [5.74, 6) is 0.176. The fourth-order valence-corrected chi connectivity index (χ4v) is 2.34. The standard InChI is InChI=1S/C14H15ClNO.Y/c1-3-16-13(5-4-6-14(16)17)12-8-7-11(15)9-10(12)2;/h7-9H,3-4,6H2,1-2H3;/q-1;. The SMILES string of the molecule is CCN1C(=O)CC[C-]=C1c1ccc(Cl)cc1C.[Y]. The summed E-state index contributed by atoms with van der Waals surface area (Å²) >= 11 is 5.94. The van der Waals surface area contributed by atoms with Crippen LogP contribution in [-0.2, 0) is 37.5 Å². The van der Waals surface area contributed by atoms with Gasteiger partial charge in [0.15, 0.2) is 0 Å². The van der Waals surface area contributed by atoms with Crippen LogP contribution < -0.4 is 0 Å². The van der Waals surface area contributed by atoms with Gasteiger partial charge in [0.05, 0.1) is 0 Å². The minimum atomic E-state index is 0. The molecule has 1 aliphatic heterocycles. The Bertz CT molecular complexity index is 485. The molecule has 4 heteroatoms. The number of aryl methyl sites for hydroxylation is 1. The van der Waals surface area contributed by atoms with Crippen LogP contribution >= 0.6 is 11.6 Å². The van der Waals surface area contributed by atoms with E-state index in [0.717, 1.165) is 21.8 Å². The van der Waals surface area contributed by atoms with E-state index < -0.39 is 0 Å². The number of hydrogen-bond acceptors (Lipinski definition) is 1. The second-order valence-corrected chi connectivity index (χ2v) is 4.56. The molecule has 0 fully saturated rings. The molecule has 93 valence electrons. The van der Waals surface area contributed by atoms with Gasteiger partial charge in [0, 0.05) is 50.7 Å². The Morgan fingerprint density at radius 2 is 2.17 bits per heavy atom. The summed E-state index contributed by atoms with van der Waals surface area (Å²) in [6.45, 7) is 4.67. The van der Waals surface area contributed by atoms with Crippen LogP contribution in [0.2, 0.25) is 5.02 Å². The van der Waals surface area contributed by atoms with Crippen LogP contribution in [-0.4, -0.2) is 17.4 Å². The van der Waals surface area contributed by atoms with Gasteiger partial charge in [0.1, 0.15) is 0 Å². The monoisotopic (exact) mass is 337 g/mol. The maximum absolute atomic E-state index is 11.8. The van der Waals surface area contributed by atoms with Crippen molar-refractivity contribution in [2.45, 2.75) is 26.7 Å². The molecular formula is C14H15ClNOY-. The van der Waals surface area contributed by atoms with E-state index in [9.17, 15) is 4.79 Å². The molecule has 2 nitrogen and oxygen atoms in total. The molecule has 0 unspecified atom stereocenters.